The van der Waals surface area contributed by atoms with Crippen molar-refractivity contribution in [2.24, 2.45) is 0 Å². The molecule has 5 aromatic rings. The zero-order chi connectivity index (χ0) is 33.0. The van der Waals surface area contributed by atoms with Gasteiger partial charge in [-0.05, 0) is 75.2 Å². The summed E-state index contributed by atoms with van der Waals surface area (Å²) in [4.78, 5) is 39.9. The molecule has 13 nitrogen and oxygen atoms in total. The number of carbonyl (C=O) groups excluding carboxylic acids is 2. The number of likely N-dealkylation sites (tertiary alicyclic amines) is 1. The number of ether oxygens (including phenoxy) is 3. The lowest BCUT2D eigenvalue weighted by atomic mass is 10.2. The van der Waals surface area contributed by atoms with Crippen LogP contribution in [-0.2, 0) is 11.3 Å². The smallest absolute Gasteiger partial charge is 0.410 e. The highest BCUT2D eigenvalue weighted by Gasteiger charge is 2.31. The molecule has 13 heteroatoms. The van der Waals surface area contributed by atoms with Gasteiger partial charge in [0.2, 0.25) is 5.95 Å². The molecule has 0 aliphatic carbocycles. The summed E-state index contributed by atoms with van der Waals surface area (Å²) in [6.45, 7) is 7.06. The van der Waals surface area contributed by atoms with Crippen LogP contribution in [0, 0.1) is 0 Å². The van der Waals surface area contributed by atoms with Crippen molar-refractivity contribution < 1.29 is 23.8 Å². The molecule has 6 rings (SSSR count). The first-order valence-corrected chi connectivity index (χ1v) is 15.2. The third kappa shape index (κ3) is 7.57. The summed E-state index contributed by atoms with van der Waals surface area (Å²) in [5.41, 5.74) is 1.49. The van der Waals surface area contributed by atoms with Crippen molar-refractivity contribution in [1.82, 2.24) is 29.6 Å². The van der Waals surface area contributed by atoms with Crippen LogP contribution in [0.3, 0.4) is 0 Å². The van der Waals surface area contributed by atoms with Crippen LogP contribution in [-0.4, -0.2) is 73.5 Å². The maximum Gasteiger partial charge on any atom is 0.410 e. The third-order valence-corrected chi connectivity index (χ3v) is 7.40. The van der Waals surface area contributed by atoms with Crippen molar-refractivity contribution in [3.63, 3.8) is 0 Å². The number of benzene rings is 2. The number of pyridine rings is 1. The van der Waals surface area contributed by atoms with E-state index in [9.17, 15) is 9.59 Å². The minimum atomic E-state index is -0.574. The monoisotopic (exact) mass is 636 g/mol. The average Bonchev–Trinajstić information content (AvgIpc) is 3.67. The molecule has 47 heavy (non-hydrogen) atoms. The van der Waals surface area contributed by atoms with E-state index in [1.54, 1.807) is 67.0 Å². The van der Waals surface area contributed by atoms with Gasteiger partial charge in [0.1, 0.15) is 28.2 Å². The number of amides is 2. The Balaban J connectivity index is 1.26. The summed E-state index contributed by atoms with van der Waals surface area (Å²) < 4.78 is 19.1. The SMILES string of the molecule is COc1ccc(Cn2nc(N[C@@H]3CCN(C(=O)OC(C)(C)C)C3)c3c(Oc4ccc(C(=O)Nc5ncccn5)cc4)ccnc32)cc1. The van der Waals surface area contributed by atoms with Gasteiger partial charge in [-0.1, -0.05) is 12.1 Å². The first-order chi connectivity index (χ1) is 22.6. The molecule has 0 radical (unpaired) electrons. The second-order valence-corrected chi connectivity index (χ2v) is 12.1. The van der Waals surface area contributed by atoms with Gasteiger partial charge in [-0.25, -0.2) is 24.4 Å². The van der Waals surface area contributed by atoms with E-state index >= 15 is 0 Å². The zero-order valence-electron chi connectivity index (χ0n) is 26.6. The van der Waals surface area contributed by atoms with Gasteiger partial charge in [-0.3, -0.25) is 10.1 Å². The van der Waals surface area contributed by atoms with Crippen molar-refractivity contribution >= 4 is 34.8 Å². The minimum absolute atomic E-state index is 0.0606. The Hall–Kier alpha value is -5.72. The Bertz CT molecular complexity index is 1850. The quantitative estimate of drug-likeness (QED) is 0.205. The van der Waals surface area contributed by atoms with E-state index in [1.165, 1.54) is 0 Å². The van der Waals surface area contributed by atoms with E-state index < -0.39 is 5.60 Å². The molecule has 2 N–H and O–H groups in total. The summed E-state index contributed by atoms with van der Waals surface area (Å²) in [6, 6.07) is 17.9. The molecule has 1 fully saturated rings. The van der Waals surface area contributed by atoms with E-state index in [1.807, 2.05) is 49.7 Å². The minimum Gasteiger partial charge on any atom is -0.497 e. The Kier molecular flexibility index (Phi) is 8.87. The number of carbonyl (C=O) groups is 2. The summed E-state index contributed by atoms with van der Waals surface area (Å²) in [5, 5.41) is 11.8. The molecular formula is C34H36N8O5. The third-order valence-electron chi connectivity index (χ3n) is 7.40. The Morgan fingerprint density at radius 1 is 0.936 bits per heavy atom. The second kappa shape index (κ2) is 13.3. The van der Waals surface area contributed by atoms with E-state index in [0.29, 0.717) is 53.5 Å². The highest BCUT2D eigenvalue weighted by atomic mass is 16.6. The standard InChI is InChI=1S/C34H36N8O5/c1-34(2,3)47-33(44)41-19-15-24(21-41)38-29-28-27(14-18-35-30(28)42(40-29)20-22-6-10-25(45-4)11-7-22)46-26-12-8-23(9-13-26)31(43)39-32-36-16-5-17-37-32/h5-14,16-18,24H,15,19-21H2,1-4H3,(H,38,40)(H,36,37,39,43)/t24-/m1/s1. The van der Waals surface area contributed by atoms with Gasteiger partial charge in [-0.15, -0.1) is 0 Å². The fourth-order valence-corrected chi connectivity index (χ4v) is 5.17. The number of aromatic nitrogens is 5. The van der Waals surface area contributed by atoms with Crippen LogP contribution in [0.25, 0.3) is 11.0 Å². The number of rotatable bonds is 9. The van der Waals surface area contributed by atoms with Crippen molar-refractivity contribution in [2.45, 2.75) is 45.4 Å². The number of fused-ring (bicyclic) bond motifs is 1. The van der Waals surface area contributed by atoms with Gasteiger partial charge in [-0.2, -0.15) is 5.10 Å². The highest BCUT2D eigenvalue weighted by molar-refractivity contribution is 6.03. The topological polar surface area (TPSA) is 146 Å². The molecule has 0 spiro atoms. The van der Waals surface area contributed by atoms with Crippen LogP contribution in [0.15, 0.2) is 79.3 Å². The van der Waals surface area contributed by atoms with Gasteiger partial charge in [0, 0.05) is 49.4 Å². The summed E-state index contributed by atoms with van der Waals surface area (Å²) in [7, 11) is 1.63. The molecule has 2 aromatic carbocycles. The van der Waals surface area contributed by atoms with Gasteiger partial charge in [0.15, 0.2) is 11.5 Å². The van der Waals surface area contributed by atoms with Crippen LogP contribution >= 0.6 is 0 Å². The normalized spacial score (nSPS) is 14.6. The molecule has 1 atom stereocenters. The number of nitrogens with zero attached hydrogens (tertiary/aromatic N) is 6. The second-order valence-electron chi connectivity index (χ2n) is 12.1. The lowest BCUT2D eigenvalue weighted by molar-refractivity contribution is 0.0293. The fraction of sp³-hybridized carbons (Fsp3) is 0.294. The number of methoxy groups -OCH3 is 1. The molecular weight excluding hydrogens is 600 g/mol. The summed E-state index contributed by atoms with van der Waals surface area (Å²) in [6.07, 6.45) is 5.17. The Morgan fingerprint density at radius 2 is 1.66 bits per heavy atom. The Labute approximate surface area is 271 Å². The molecule has 1 saturated heterocycles. The molecule has 2 amide bonds. The first-order valence-electron chi connectivity index (χ1n) is 15.2. The first kappa shape index (κ1) is 31.3. The predicted octanol–water partition coefficient (Wildman–Crippen LogP) is 5.74. The summed E-state index contributed by atoms with van der Waals surface area (Å²) in [5.74, 6) is 2.30. The van der Waals surface area contributed by atoms with Crippen LogP contribution < -0.4 is 20.1 Å². The summed E-state index contributed by atoms with van der Waals surface area (Å²) >= 11 is 0. The van der Waals surface area contributed by atoms with Crippen LogP contribution in [0.1, 0.15) is 43.1 Å². The predicted molar refractivity (Wildman–Crippen MR) is 176 cm³/mol. The lowest BCUT2D eigenvalue weighted by Gasteiger charge is -2.24. The van der Waals surface area contributed by atoms with Crippen LogP contribution in [0.5, 0.6) is 17.2 Å². The van der Waals surface area contributed by atoms with E-state index in [-0.39, 0.29) is 24.0 Å². The zero-order valence-corrected chi connectivity index (χ0v) is 26.6. The molecule has 1 aliphatic rings. The molecule has 242 valence electrons. The van der Waals surface area contributed by atoms with Crippen molar-refractivity contribution in [3.05, 3.63) is 90.4 Å². The maximum absolute atomic E-state index is 12.7. The number of nitrogens with one attached hydrogen (secondary N) is 2. The molecule has 0 unspecified atom stereocenters. The van der Waals surface area contributed by atoms with Gasteiger partial charge in [0.05, 0.1) is 13.7 Å². The maximum atomic E-state index is 12.7. The molecule has 0 saturated carbocycles. The Morgan fingerprint density at radius 3 is 2.36 bits per heavy atom. The van der Waals surface area contributed by atoms with E-state index in [4.69, 9.17) is 19.3 Å². The van der Waals surface area contributed by atoms with Crippen LogP contribution in [0.4, 0.5) is 16.6 Å². The van der Waals surface area contributed by atoms with Crippen LogP contribution in [0.2, 0.25) is 0 Å². The molecule has 1 aliphatic heterocycles. The number of hydrogen-bond donors (Lipinski definition) is 2. The fourth-order valence-electron chi connectivity index (χ4n) is 5.17. The largest absolute Gasteiger partial charge is 0.497 e. The van der Waals surface area contributed by atoms with Gasteiger partial charge in [0.25, 0.3) is 5.91 Å². The number of anilines is 2. The average molecular weight is 637 g/mol. The number of hydrogen-bond acceptors (Lipinski definition) is 10. The van der Waals surface area contributed by atoms with E-state index in [2.05, 4.69) is 25.6 Å². The van der Waals surface area contributed by atoms with Crippen molar-refractivity contribution in [3.8, 4) is 17.2 Å². The molecule has 0 bridgehead atoms. The highest BCUT2D eigenvalue weighted by Crippen LogP contribution is 2.35. The van der Waals surface area contributed by atoms with Crippen molar-refractivity contribution in [1.29, 1.82) is 0 Å². The lowest BCUT2D eigenvalue weighted by Crippen LogP contribution is -2.36. The van der Waals surface area contributed by atoms with Crippen molar-refractivity contribution in [2.75, 3.05) is 30.8 Å². The van der Waals surface area contributed by atoms with E-state index in [0.717, 1.165) is 17.7 Å². The molecule has 3 aromatic heterocycles. The van der Waals surface area contributed by atoms with Gasteiger partial charge < -0.3 is 24.4 Å². The van der Waals surface area contributed by atoms with Gasteiger partial charge >= 0.3 is 6.09 Å². The molecule has 4 heterocycles.